The van der Waals surface area contributed by atoms with Crippen molar-refractivity contribution in [1.29, 1.82) is 0 Å². The van der Waals surface area contributed by atoms with Gasteiger partial charge in [0.1, 0.15) is 11.2 Å². The number of hydrogen-bond donors (Lipinski definition) is 1. The molecule has 3 heterocycles. The Bertz CT molecular complexity index is 963. The van der Waals surface area contributed by atoms with Gasteiger partial charge in [-0.1, -0.05) is 0 Å². The summed E-state index contributed by atoms with van der Waals surface area (Å²) in [5.74, 6) is 0.648. The third-order valence-electron chi connectivity index (χ3n) is 4.63. The third kappa shape index (κ3) is 5.46. The van der Waals surface area contributed by atoms with Crippen LogP contribution in [0.2, 0.25) is 0 Å². The van der Waals surface area contributed by atoms with Gasteiger partial charge in [-0.15, -0.1) is 0 Å². The largest absolute Gasteiger partial charge is 0.481 e. The average molecular weight is 495 g/mol. The van der Waals surface area contributed by atoms with Gasteiger partial charge in [0.05, 0.1) is 19.0 Å². The molecule has 0 aromatic carbocycles. The highest BCUT2D eigenvalue weighted by Crippen LogP contribution is 2.29. The normalized spacial score (nSPS) is 14.4. The maximum atomic E-state index is 12.9. The standard InChI is InChI=1S/C20H27BrN6O4/c1-20(2,3)31-19(29)27-8-6-26(7-9-27)16-15(10-13(21)11-22-16)24-17(28)14-12-23-25(4)18(14)30-5/h10-12H,6-9H2,1-5H3,(H,24,28). The van der Waals surface area contributed by atoms with Crippen LogP contribution in [0.4, 0.5) is 16.3 Å². The zero-order valence-corrected chi connectivity index (χ0v) is 19.9. The first-order valence-corrected chi connectivity index (χ1v) is 10.6. The fourth-order valence-electron chi connectivity index (χ4n) is 3.22. The first-order valence-electron chi connectivity index (χ1n) is 9.85. The lowest BCUT2D eigenvalue weighted by molar-refractivity contribution is 0.0240. The number of anilines is 2. The van der Waals surface area contributed by atoms with Crippen molar-refractivity contribution in [2.45, 2.75) is 26.4 Å². The van der Waals surface area contributed by atoms with Crippen LogP contribution in [0.15, 0.2) is 22.9 Å². The average Bonchev–Trinajstić information content (AvgIpc) is 3.07. The predicted molar refractivity (Wildman–Crippen MR) is 120 cm³/mol. The van der Waals surface area contributed by atoms with Crippen LogP contribution in [0, 0.1) is 0 Å². The van der Waals surface area contributed by atoms with Gasteiger partial charge in [-0.05, 0) is 42.8 Å². The number of ether oxygens (including phenoxy) is 2. The van der Waals surface area contributed by atoms with E-state index in [1.54, 1.807) is 24.2 Å². The molecule has 168 valence electrons. The molecule has 0 radical (unpaired) electrons. The minimum absolute atomic E-state index is 0.325. The lowest BCUT2D eigenvalue weighted by atomic mass is 10.2. The Kier molecular flexibility index (Phi) is 6.73. The van der Waals surface area contributed by atoms with Crippen LogP contribution in [0.5, 0.6) is 5.88 Å². The van der Waals surface area contributed by atoms with E-state index in [0.29, 0.717) is 49.1 Å². The van der Waals surface area contributed by atoms with Crippen LogP contribution in [-0.2, 0) is 11.8 Å². The first-order chi connectivity index (χ1) is 14.6. The molecule has 2 aromatic rings. The molecule has 1 aliphatic heterocycles. The van der Waals surface area contributed by atoms with Crippen LogP contribution in [-0.4, -0.2) is 70.6 Å². The zero-order valence-electron chi connectivity index (χ0n) is 18.3. The Morgan fingerprint density at radius 2 is 1.84 bits per heavy atom. The number of piperazine rings is 1. The van der Waals surface area contributed by atoms with Crippen molar-refractivity contribution >= 4 is 39.4 Å². The Morgan fingerprint density at radius 1 is 1.16 bits per heavy atom. The van der Waals surface area contributed by atoms with Gasteiger partial charge >= 0.3 is 6.09 Å². The summed E-state index contributed by atoms with van der Waals surface area (Å²) < 4.78 is 12.9. The van der Waals surface area contributed by atoms with Crippen LogP contribution in [0.25, 0.3) is 0 Å². The molecule has 1 saturated heterocycles. The molecule has 0 aliphatic carbocycles. The van der Waals surface area contributed by atoms with Gasteiger partial charge < -0.3 is 24.6 Å². The fourth-order valence-corrected chi connectivity index (χ4v) is 3.55. The Labute approximate surface area is 189 Å². The van der Waals surface area contributed by atoms with E-state index in [2.05, 4.69) is 31.3 Å². The zero-order chi connectivity index (χ0) is 22.8. The van der Waals surface area contributed by atoms with E-state index in [0.717, 1.165) is 4.47 Å². The van der Waals surface area contributed by atoms with Crippen molar-refractivity contribution in [1.82, 2.24) is 19.7 Å². The molecule has 31 heavy (non-hydrogen) atoms. The number of nitrogens with one attached hydrogen (secondary N) is 1. The quantitative estimate of drug-likeness (QED) is 0.696. The summed E-state index contributed by atoms with van der Waals surface area (Å²) in [5, 5.41) is 6.98. The van der Waals surface area contributed by atoms with Crippen molar-refractivity contribution in [3.05, 3.63) is 28.5 Å². The molecular weight excluding hydrogens is 468 g/mol. The first kappa shape index (κ1) is 22.9. The number of methoxy groups -OCH3 is 1. The summed E-state index contributed by atoms with van der Waals surface area (Å²) in [7, 11) is 3.19. The molecule has 0 spiro atoms. The SMILES string of the molecule is COc1c(C(=O)Nc2cc(Br)cnc2N2CCN(C(=O)OC(C)(C)C)CC2)cnn1C. The summed E-state index contributed by atoms with van der Waals surface area (Å²) >= 11 is 3.41. The lowest BCUT2D eigenvalue weighted by Crippen LogP contribution is -2.50. The van der Waals surface area contributed by atoms with Gasteiger partial charge in [-0.2, -0.15) is 5.10 Å². The second kappa shape index (κ2) is 9.13. The second-order valence-electron chi connectivity index (χ2n) is 8.12. The summed E-state index contributed by atoms with van der Waals surface area (Å²) in [6.45, 7) is 7.66. The van der Waals surface area contributed by atoms with Gasteiger partial charge in [0.25, 0.3) is 5.91 Å². The minimum Gasteiger partial charge on any atom is -0.481 e. The van der Waals surface area contributed by atoms with E-state index in [9.17, 15) is 9.59 Å². The molecular formula is C20H27BrN6O4. The van der Waals surface area contributed by atoms with E-state index in [1.807, 2.05) is 25.7 Å². The predicted octanol–water partition coefficient (Wildman–Crippen LogP) is 2.90. The highest BCUT2D eigenvalue weighted by molar-refractivity contribution is 9.10. The van der Waals surface area contributed by atoms with Crippen molar-refractivity contribution in [3.63, 3.8) is 0 Å². The number of carbonyl (C=O) groups excluding carboxylic acids is 2. The minimum atomic E-state index is -0.535. The number of aromatic nitrogens is 3. The topological polar surface area (TPSA) is 102 Å². The fraction of sp³-hybridized carbons (Fsp3) is 0.500. The molecule has 2 amide bonds. The van der Waals surface area contributed by atoms with Crippen molar-refractivity contribution < 1.29 is 19.1 Å². The summed E-state index contributed by atoms with van der Waals surface area (Å²) in [6.07, 6.45) is 2.81. The number of rotatable bonds is 4. The molecule has 0 bridgehead atoms. The summed E-state index contributed by atoms with van der Waals surface area (Å²) in [6, 6.07) is 1.79. The van der Waals surface area contributed by atoms with Gasteiger partial charge in [0.2, 0.25) is 5.88 Å². The smallest absolute Gasteiger partial charge is 0.410 e. The molecule has 11 heteroatoms. The number of amides is 2. The molecule has 1 N–H and O–H groups in total. The van der Waals surface area contributed by atoms with E-state index >= 15 is 0 Å². The maximum absolute atomic E-state index is 12.9. The summed E-state index contributed by atoms with van der Waals surface area (Å²) in [5.41, 5.74) is 0.341. The molecule has 0 saturated carbocycles. The van der Waals surface area contributed by atoms with Crippen molar-refractivity contribution in [3.8, 4) is 5.88 Å². The van der Waals surface area contributed by atoms with Crippen LogP contribution >= 0.6 is 15.9 Å². The van der Waals surface area contributed by atoms with E-state index in [4.69, 9.17) is 9.47 Å². The Morgan fingerprint density at radius 3 is 2.45 bits per heavy atom. The maximum Gasteiger partial charge on any atom is 0.410 e. The molecule has 2 aromatic heterocycles. The Hall–Kier alpha value is -2.82. The highest BCUT2D eigenvalue weighted by Gasteiger charge is 2.28. The van der Waals surface area contributed by atoms with E-state index < -0.39 is 5.60 Å². The van der Waals surface area contributed by atoms with E-state index in [-0.39, 0.29) is 12.0 Å². The van der Waals surface area contributed by atoms with Crippen LogP contribution in [0.1, 0.15) is 31.1 Å². The van der Waals surface area contributed by atoms with Gasteiger partial charge in [0, 0.05) is 43.9 Å². The Balaban J connectivity index is 1.74. The van der Waals surface area contributed by atoms with Crippen LogP contribution < -0.4 is 15.0 Å². The van der Waals surface area contributed by atoms with E-state index in [1.165, 1.54) is 18.0 Å². The van der Waals surface area contributed by atoms with Gasteiger partial charge in [0.15, 0.2) is 5.82 Å². The van der Waals surface area contributed by atoms with Crippen molar-refractivity contribution in [2.75, 3.05) is 43.5 Å². The molecule has 3 rings (SSSR count). The molecule has 0 unspecified atom stereocenters. The number of aryl methyl sites for hydroxylation is 1. The molecule has 1 aliphatic rings. The number of halogens is 1. The molecule has 10 nitrogen and oxygen atoms in total. The van der Waals surface area contributed by atoms with Crippen molar-refractivity contribution in [2.24, 2.45) is 7.05 Å². The molecule has 0 atom stereocenters. The second-order valence-corrected chi connectivity index (χ2v) is 9.04. The monoisotopic (exact) mass is 494 g/mol. The van der Waals surface area contributed by atoms with Gasteiger partial charge in [-0.25, -0.2) is 14.5 Å². The number of nitrogens with zero attached hydrogens (tertiary/aromatic N) is 5. The van der Waals surface area contributed by atoms with Crippen LogP contribution in [0.3, 0.4) is 0 Å². The molecule has 1 fully saturated rings. The van der Waals surface area contributed by atoms with Gasteiger partial charge in [-0.3, -0.25) is 4.79 Å². The number of hydrogen-bond acceptors (Lipinski definition) is 7. The number of pyridine rings is 1. The number of carbonyl (C=O) groups is 2. The summed E-state index contributed by atoms with van der Waals surface area (Å²) in [4.78, 5) is 33.4. The highest BCUT2D eigenvalue weighted by atomic mass is 79.9. The third-order valence-corrected chi connectivity index (χ3v) is 5.07. The lowest BCUT2D eigenvalue weighted by Gasteiger charge is -2.36.